The molecule has 0 aliphatic rings. The minimum Gasteiger partial charge on any atom is -0.384 e. The van der Waals surface area contributed by atoms with Crippen molar-refractivity contribution >= 4 is 16.7 Å². The van der Waals surface area contributed by atoms with Crippen molar-refractivity contribution in [3.8, 4) is 0 Å². The molecule has 1 aromatic heterocycles. The first kappa shape index (κ1) is 9.40. The summed E-state index contributed by atoms with van der Waals surface area (Å²) in [6.45, 7) is 0. The Bertz CT molecular complexity index is 387. The smallest absolute Gasteiger partial charge is 0.124 e. The van der Waals surface area contributed by atoms with Gasteiger partial charge in [-0.2, -0.15) is 0 Å². The summed E-state index contributed by atoms with van der Waals surface area (Å²) in [4.78, 5) is 4.15. The third kappa shape index (κ3) is 1.73. The molecule has 2 rings (SSSR count). The van der Waals surface area contributed by atoms with Gasteiger partial charge in [-0.25, -0.2) is 4.98 Å². The predicted octanol–water partition coefficient (Wildman–Crippen LogP) is 1.81. The van der Waals surface area contributed by atoms with Crippen LogP contribution >= 0.6 is 0 Å². The van der Waals surface area contributed by atoms with Crippen LogP contribution in [-0.2, 0) is 26.2 Å². The van der Waals surface area contributed by atoms with Gasteiger partial charge >= 0.3 is 0 Å². The van der Waals surface area contributed by atoms with E-state index in [4.69, 9.17) is 5.73 Å². The molecule has 0 aliphatic carbocycles. The molecule has 0 radical (unpaired) electrons. The Kier molecular flexibility index (Phi) is 2.99. The number of pyridine rings is 1. The van der Waals surface area contributed by atoms with Gasteiger partial charge in [0.05, 0.1) is 5.52 Å². The normalized spacial score (nSPS) is 9.33. The molecule has 0 bridgehead atoms. The summed E-state index contributed by atoms with van der Waals surface area (Å²) in [6.07, 6.45) is 0. The second-order valence-corrected chi connectivity index (χ2v) is 2.43. The van der Waals surface area contributed by atoms with Crippen molar-refractivity contribution in [2.45, 2.75) is 0 Å². The molecule has 0 saturated carbocycles. The average Bonchev–Trinajstić information content (AvgIpc) is 2.04. The van der Waals surface area contributed by atoms with Gasteiger partial charge in [-0.3, -0.25) is 0 Å². The van der Waals surface area contributed by atoms with Gasteiger partial charge in [0.1, 0.15) is 5.82 Å². The first-order chi connectivity index (χ1) is 5.36. The summed E-state index contributed by atoms with van der Waals surface area (Å²) in [6, 6.07) is 11.7. The van der Waals surface area contributed by atoms with Gasteiger partial charge in [0, 0.05) is 31.6 Å². The van der Waals surface area contributed by atoms with Crippen LogP contribution in [-0.4, -0.2) is 4.98 Å². The number of nitrogen functional groups attached to an aromatic ring is 1. The quantitative estimate of drug-likeness (QED) is 0.756. The number of hydrogen-bond acceptors (Lipinski definition) is 2. The minimum atomic E-state index is 0. The summed E-state index contributed by atoms with van der Waals surface area (Å²) in [5, 5.41) is 1.13. The molecule has 0 amide bonds. The second kappa shape index (κ2) is 3.81. The van der Waals surface area contributed by atoms with E-state index in [1.54, 1.807) is 0 Å². The zero-order valence-corrected chi connectivity index (χ0v) is 8.95. The van der Waals surface area contributed by atoms with Crippen LogP contribution in [0.3, 0.4) is 0 Å². The van der Waals surface area contributed by atoms with Gasteiger partial charge in [0.2, 0.25) is 0 Å². The number of nitrogens with zero attached hydrogens (tertiary/aromatic N) is 1. The number of anilines is 1. The van der Waals surface area contributed by atoms with Crippen LogP contribution in [0.5, 0.6) is 0 Å². The van der Waals surface area contributed by atoms with Gasteiger partial charge in [0.15, 0.2) is 0 Å². The van der Waals surface area contributed by atoms with Crippen molar-refractivity contribution in [2.24, 2.45) is 0 Å². The Morgan fingerprint density at radius 2 is 1.75 bits per heavy atom. The molecule has 0 atom stereocenters. The number of aromatic nitrogens is 1. The predicted molar refractivity (Wildman–Crippen MR) is 46.2 cm³/mol. The third-order valence-corrected chi connectivity index (χ3v) is 1.62. The number of rotatable bonds is 0. The van der Waals surface area contributed by atoms with Crippen molar-refractivity contribution < 1.29 is 26.2 Å². The Hall–Kier alpha value is -0.687. The van der Waals surface area contributed by atoms with Crippen molar-refractivity contribution in [2.75, 3.05) is 5.73 Å². The van der Waals surface area contributed by atoms with E-state index in [1.807, 2.05) is 36.4 Å². The molecule has 0 unspecified atom stereocenters. The molecule has 2 nitrogen and oxygen atoms in total. The molecule has 58 valence electrons. The fourth-order valence-electron chi connectivity index (χ4n) is 1.08. The summed E-state index contributed by atoms with van der Waals surface area (Å²) < 4.78 is 0. The maximum atomic E-state index is 5.51. The van der Waals surface area contributed by atoms with E-state index in [9.17, 15) is 0 Å². The van der Waals surface area contributed by atoms with E-state index in [2.05, 4.69) is 4.98 Å². The first-order valence-corrected chi connectivity index (χ1v) is 3.47. The summed E-state index contributed by atoms with van der Waals surface area (Å²) in [5.74, 6) is 0.573. The maximum absolute atomic E-state index is 5.51. The topological polar surface area (TPSA) is 38.9 Å². The van der Waals surface area contributed by atoms with E-state index in [0.717, 1.165) is 10.9 Å². The minimum absolute atomic E-state index is 0. The molecular formula is C9H8N2Zr. The van der Waals surface area contributed by atoms with Crippen LogP contribution in [0.25, 0.3) is 10.9 Å². The summed E-state index contributed by atoms with van der Waals surface area (Å²) >= 11 is 0. The fourth-order valence-corrected chi connectivity index (χ4v) is 1.08. The van der Waals surface area contributed by atoms with Gasteiger partial charge in [-0.05, 0) is 18.2 Å². The zero-order valence-electron chi connectivity index (χ0n) is 6.49. The van der Waals surface area contributed by atoms with Crippen LogP contribution in [0, 0.1) is 0 Å². The van der Waals surface area contributed by atoms with Crippen molar-refractivity contribution in [1.82, 2.24) is 4.98 Å². The van der Waals surface area contributed by atoms with Crippen LogP contribution in [0.4, 0.5) is 5.82 Å². The van der Waals surface area contributed by atoms with Crippen LogP contribution in [0.15, 0.2) is 36.4 Å². The molecular weight excluding hydrogens is 227 g/mol. The standard InChI is InChI=1S/C9H8N2.Zr/c10-9-6-5-7-3-1-2-4-8(7)11-9;/h1-6H,(H2,10,11);. The van der Waals surface area contributed by atoms with Crippen molar-refractivity contribution in [3.63, 3.8) is 0 Å². The van der Waals surface area contributed by atoms with E-state index in [0.29, 0.717) is 5.82 Å². The molecule has 0 saturated heterocycles. The molecule has 3 heteroatoms. The number of fused-ring (bicyclic) bond motifs is 1. The van der Waals surface area contributed by atoms with E-state index >= 15 is 0 Å². The molecule has 0 fully saturated rings. The monoisotopic (exact) mass is 234 g/mol. The summed E-state index contributed by atoms with van der Waals surface area (Å²) in [5.41, 5.74) is 6.46. The number of hydrogen-bond donors (Lipinski definition) is 1. The third-order valence-electron chi connectivity index (χ3n) is 1.62. The Morgan fingerprint density at radius 1 is 1.00 bits per heavy atom. The molecule has 2 N–H and O–H groups in total. The number of para-hydroxylation sites is 1. The van der Waals surface area contributed by atoms with Crippen LogP contribution in [0.1, 0.15) is 0 Å². The average molecular weight is 235 g/mol. The SMILES string of the molecule is Nc1ccc2ccccc2n1.[Zr]. The molecule has 1 aromatic carbocycles. The molecule has 0 spiro atoms. The zero-order chi connectivity index (χ0) is 7.68. The summed E-state index contributed by atoms with van der Waals surface area (Å²) in [7, 11) is 0. The van der Waals surface area contributed by atoms with Gasteiger partial charge in [-0.15, -0.1) is 0 Å². The Morgan fingerprint density at radius 3 is 2.58 bits per heavy atom. The Labute approximate surface area is 89.9 Å². The van der Waals surface area contributed by atoms with E-state index < -0.39 is 0 Å². The largest absolute Gasteiger partial charge is 0.384 e. The van der Waals surface area contributed by atoms with E-state index in [1.165, 1.54) is 0 Å². The molecule has 12 heavy (non-hydrogen) atoms. The first-order valence-electron chi connectivity index (χ1n) is 3.47. The van der Waals surface area contributed by atoms with Gasteiger partial charge in [0.25, 0.3) is 0 Å². The van der Waals surface area contributed by atoms with Gasteiger partial charge in [-0.1, -0.05) is 18.2 Å². The number of nitrogens with two attached hydrogens (primary N) is 1. The van der Waals surface area contributed by atoms with Crippen molar-refractivity contribution in [3.05, 3.63) is 36.4 Å². The van der Waals surface area contributed by atoms with Crippen molar-refractivity contribution in [1.29, 1.82) is 0 Å². The van der Waals surface area contributed by atoms with E-state index in [-0.39, 0.29) is 26.2 Å². The molecule has 1 heterocycles. The molecule has 0 aliphatic heterocycles. The maximum Gasteiger partial charge on any atom is 0.124 e. The molecule has 2 aromatic rings. The van der Waals surface area contributed by atoms with Crippen LogP contribution in [0.2, 0.25) is 0 Å². The Balaban J connectivity index is 0.000000720. The second-order valence-electron chi connectivity index (χ2n) is 2.43. The fraction of sp³-hybridized carbons (Fsp3) is 0. The number of benzene rings is 1. The van der Waals surface area contributed by atoms with Gasteiger partial charge < -0.3 is 5.73 Å². The van der Waals surface area contributed by atoms with Crippen LogP contribution < -0.4 is 5.73 Å².